The Labute approximate surface area is 178 Å². The predicted octanol–water partition coefficient (Wildman–Crippen LogP) is 6.42. The molecule has 0 aliphatic carbocycles. The molecular formula is C22H15Br2NO3. The Morgan fingerprint density at radius 3 is 2.43 bits per heavy atom. The first-order valence-electron chi connectivity index (χ1n) is 8.54. The van der Waals surface area contributed by atoms with Gasteiger partial charge in [0.25, 0.3) is 0 Å². The van der Waals surface area contributed by atoms with E-state index in [0.29, 0.717) is 16.8 Å². The van der Waals surface area contributed by atoms with Crippen molar-refractivity contribution in [2.24, 2.45) is 0 Å². The summed E-state index contributed by atoms with van der Waals surface area (Å²) in [6, 6.07) is 20.3. The standard InChI is InChI=1S/C22H15Br2NO3/c23-14-7-9-18-17(10-14)20(22(27)28-12-13-4-2-1-3-5-13)21(25-18)16-8-6-15(24)11-19(16)26/h1-11,25-26H,12H2. The third-order valence-corrected chi connectivity index (χ3v) is 5.39. The molecular weight excluding hydrogens is 486 g/mol. The fourth-order valence-corrected chi connectivity index (χ4v) is 3.80. The van der Waals surface area contributed by atoms with Gasteiger partial charge in [0.15, 0.2) is 0 Å². The van der Waals surface area contributed by atoms with Gasteiger partial charge < -0.3 is 14.8 Å². The van der Waals surface area contributed by atoms with E-state index in [-0.39, 0.29) is 12.4 Å². The second kappa shape index (κ2) is 7.81. The zero-order chi connectivity index (χ0) is 19.7. The number of nitrogens with one attached hydrogen (secondary N) is 1. The van der Waals surface area contributed by atoms with E-state index in [0.717, 1.165) is 25.4 Å². The van der Waals surface area contributed by atoms with Crippen molar-refractivity contribution in [1.29, 1.82) is 0 Å². The number of hydrogen-bond acceptors (Lipinski definition) is 3. The minimum atomic E-state index is -0.453. The molecule has 0 aliphatic heterocycles. The topological polar surface area (TPSA) is 62.3 Å². The van der Waals surface area contributed by atoms with Gasteiger partial charge in [0, 0.05) is 25.4 Å². The zero-order valence-corrected chi connectivity index (χ0v) is 17.7. The molecule has 0 unspecified atom stereocenters. The van der Waals surface area contributed by atoms with Crippen LogP contribution in [0.5, 0.6) is 5.75 Å². The number of hydrogen-bond donors (Lipinski definition) is 2. The lowest BCUT2D eigenvalue weighted by Gasteiger charge is -2.08. The maximum Gasteiger partial charge on any atom is 0.341 e. The van der Waals surface area contributed by atoms with Gasteiger partial charge in [0.1, 0.15) is 12.4 Å². The van der Waals surface area contributed by atoms with Crippen LogP contribution in [-0.2, 0) is 11.3 Å². The Balaban J connectivity index is 1.80. The summed E-state index contributed by atoms with van der Waals surface area (Å²) in [4.78, 5) is 16.3. The third kappa shape index (κ3) is 3.70. The number of H-pyrrole nitrogens is 1. The van der Waals surface area contributed by atoms with E-state index >= 15 is 0 Å². The van der Waals surface area contributed by atoms with E-state index in [1.165, 1.54) is 0 Å². The lowest BCUT2D eigenvalue weighted by molar-refractivity contribution is 0.0476. The molecule has 0 amide bonds. The fourth-order valence-electron chi connectivity index (χ4n) is 3.09. The molecule has 0 atom stereocenters. The summed E-state index contributed by atoms with van der Waals surface area (Å²) in [5, 5.41) is 11.2. The van der Waals surface area contributed by atoms with Gasteiger partial charge in [-0.15, -0.1) is 0 Å². The average Bonchev–Trinajstić information content (AvgIpc) is 3.05. The minimum absolute atomic E-state index is 0.0668. The second-order valence-electron chi connectivity index (χ2n) is 6.29. The smallest absolute Gasteiger partial charge is 0.341 e. The van der Waals surface area contributed by atoms with E-state index in [2.05, 4.69) is 36.8 Å². The summed E-state index contributed by atoms with van der Waals surface area (Å²) >= 11 is 6.80. The number of aromatic hydroxyl groups is 1. The number of benzene rings is 3. The van der Waals surface area contributed by atoms with Crippen LogP contribution in [0, 0.1) is 0 Å². The van der Waals surface area contributed by atoms with Crippen LogP contribution < -0.4 is 0 Å². The van der Waals surface area contributed by atoms with Crippen molar-refractivity contribution >= 4 is 48.7 Å². The van der Waals surface area contributed by atoms with Gasteiger partial charge in [-0.1, -0.05) is 62.2 Å². The molecule has 4 nitrogen and oxygen atoms in total. The van der Waals surface area contributed by atoms with E-state index < -0.39 is 5.97 Å². The molecule has 0 fully saturated rings. The number of aromatic amines is 1. The highest BCUT2D eigenvalue weighted by Crippen LogP contribution is 2.37. The van der Waals surface area contributed by atoms with Gasteiger partial charge in [-0.2, -0.15) is 0 Å². The lowest BCUT2D eigenvalue weighted by atomic mass is 10.0. The fraction of sp³-hybridized carbons (Fsp3) is 0.0455. The molecule has 3 aromatic carbocycles. The second-order valence-corrected chi connectivity index (χ2v) is 8.12. The number of phenolic OH excluding ortho intramolecular Hbond substituents is 1. The van der Waals surface area contributed by atoms with Crippen LogP contribution in [0.2, 0.25) is 0 Å². The van der Waals surface area contributed by atoms with Gasteiger partial charge in [0.05, 0.1) is 11.3 Å². The number of fused-ring (bicyclic) bond motifs is 1. The first-order valence-corrected chi connectivity index (χ1v) is 10.1. The van der Waals surface area contributed by atoms with Gasteiger partial charge >= 0.3 is 5.97 Å². The summed E-state index contributed by atoms with van der Waals surface area (Å²) < 4.78 is 7.18. The predicted molar refractivity (Wildman–Crippen MR) is 116 cm³/mol. The maximum absolute atomic E-state index is 13.0. The van der Waals surface area contributed by atoms with Crippen LogP contribution in [-0.4, -0.2) is 16.1 Å². The Hall–Kier alpha value is -2.57. The van der Waals surface area contributed by atoms with Crippen LogP contribution in [0.1, 0.15) is 15.9 Å². The summed E-state index contributed by atoms with van der Waals surface area (Å²) in [5.41, 5.74) is 3.14. The molecule has 6 heteroatoms. The van der Waals surface area contributed by atoms with Crippen molar-refractivity contribution in [3.8, 4) is 17.0 Å². The maximum atomic E-state index is 13.0. The van der Waals surface area contributed by atoms with Crippen molar-refractivity contribution in [2.45, 2.75) is 6.61 Å². The molecule has 28 heavy (non-hydrogen) atoms. The molecule has 0 saturated carbocycles. The highest BCUT2D eigenvalue weighted by atomic mass is 79.9. The molecule has 0 bridgehead atoms. The molecule has 4 rings (SSSR count). The lowest BCUT2D eigenvalue weighted by Crippen LogP contribution is -2.06. The zero-order valence-electron chi connectivity index (χ0n) is 14.6. The van der Waals surface area contributed by atoms with Gasteiger partial charge in [-0.3, -0.25) is 0 Å². The number of ether oxygens (including phenoxy) is 1. The first-order chi connectivity index (χ1) is 13.5. The molecule has 0 aliphatic rings. The Morgan fingerprint density at radius 2 is 1.68 bits per heavy atom. The van der Waals surface area contributed by atoms with E-state index in [1.807, 2.05) is 54.6 Å². The van der Waals surface area contributed by atoms with Gasteiger partial charge in [-0.25, -0.2) is 4.79 Å². The molecule has 1 aromatic heterocycles. The molecule has 2 N–H and O–H groups in total. The number of rotatable bonds is 4. The summed E-state index contributed by atoms with van der Waals surface area (Å²) in [6.07, 6.45) is 0. The van der Waals surface area contributed by atoms with Crippen molar-refractivity contribution in [1.82, 2.24) is 4.98 Å². The van der Waals surface area contributed by atoms with Crippen LogP contribution in [0.25, 0.3) is 22.2 Å². The highest BCUT2D eigenvalue weighted by molar-refractivity contribution is 9.10. The first kappa shape index (κ1) is 18.8. The molecule has 0 radical (unpaired) electrons. The highest BCUT2D eigenvalue weighted by Gasteiger charge is 2.23. The van der Waals surface area contributed by atoms with Crippen molar-refractivity contribution in [2.75, 3.05) is 0 Å². The normalized spacial score (nSPS) is 10.9. The van der Waals surface area contributed by atoms with E-state index in [1.54, 1.807) is 12.1 Å². The monoisotopic (exact) mass is 499 g/mol. The Bertz CT molecular complexity index is 1170. The molecule has 0 saturated heterocycles. The molecule has 1 heterocycles. The van der Waals surface area contributed by atoms with Crippen LogP contribution in [0.3, 0.4) is 0 Å². The largest absolute Gasteiger partial charge is 0.507 e. The van der Waals surface area contributed by atoms with Gasteiger partial charge in [0.2, 0.25) is 0 Å². The SMILES string of the molecule is O=C(OCc1ccccc1)c1c(-c2ccc(Br)cc2O)[nH]c2ccc(Br)cc12. The molecule has 140 valence electrons. The number of phenols is 1. The van der Waals surface area contributed by atoms with Crippen LogP contribution in [0.4, 0.5) is 0 Å². The Kier molecular flexibility index (Phi) is 5.24. The average molecular weight is 501 g/mol. The molecule has 0 spiro atoms. The number of carbonyl (C=O) groups is 1. The number of esters is 1. The van der Waals surface area contributed by atoms with Crippen LogP contribution >= 0.6 is 31.9 Å². The van der Waals surface area contributed by atoms with Gasteiger partial charge in [-0.05, 0) is 42.0 Å². The summed E-state index contributed by atoms with van der Waals surface area (Å²) in [6.45, 7) is 0.173. The van der Waals surface area contributed by atoms with Crippen LogP contribution in [0.15, 0.2) is 75.7 Å². The van der Waals surface area contributed by atoms with Crippen molar-refractivity contribution in [3.63, 3.8) is 0 Å². The summed E-state index contributed by atoms with van der Waals surface area (Å²) in [5.74, 6) is -0.386. The number of aromatic nitrogens is 1. The van der Waals surface area contributed by atoms with Crippen molar-refractivity contribution in [3.05, 3.63) is 86.8 Å². The molecule has 4 aromatic rings. The number of halogens is 2. The van der Waals surface area contributed by atoms with E-state index in [4.69, 9.17) is 4.74 Å². The summed E-state index contributed by atoms with van der Waals surface area (Å²) in [7, 11) is 0. The number of carbonyl (C=O) groups excluding carboxylic acids is 1. The Morgan fingerprint density at radius 1 is 0.964 bits per heavy atom. The minimum Gasteiger partial charge on any atom is -0.507 e. The van der Waals surface area contributed by atoms with E-state index in [9.17, 15) is 9.90 Å². The quantitative estimate of drug-likeness (QED) is 0.318. The third-order valence-electron chi connectivity index (χ3n) is 4.41. The van der Waals surface area contributed by atoms with Crippen molar-refractivity contribution < 1.29 is 14.6 Å².